The van der Waals surface area contributed by atoms with Crippen LogP contribution in [0, 0.1) is 11.3 Å². The number of ether oxygens (including phenoxy) is 1. The summed E-state index contributed by atoms with van der Waals surface area (Å²) in [7, 11) is 0. The smallest absolute Gasteiger partial charge is 0.309 e. The summed E-state index contributed by atoms with van der Waals surface area (Å²) in [5, 5.41) is 3.02. The van der Waals surface area contributed by atoms with Gasteiger partial charge < -0.3 is 10.1 Å². The fraction of sp³-hybridized carbons (Fsp3) is 0.458. The van der Waals surface area contributed by atoms with Crippen LogP contribution in [0.15, 0.2) is 54.9 Å². The standard InChI is InChI=1S/C24H30N2O3/c1-2-9-20(22(27)29-18-19-10-4-3-5-11-19)16-24(13-6-7-14-24)23(28)26-21-12-8-15-25-17-21/h3-5,8,10-12,15,17,20H,2,6-7,9,13-14,16,18H2,1H3,(H,26,28). The van der Waals surface area contributed by atoms with E-state index in [0.717, 1.165) is 44.1 Å². The summed E-state index contributed by atoms with van der Waals surface area (Å²) in [4.78, 5) is 30.1. The van der Waals surface area contributed by atoms with Crippen LogP contribution >= 0.6 is 0 Å². The van der Waals surface area contributed by atoms with Gasteiger partial charge in [0.25, 0.3) is 0 Å². The third-order valence-corrected chi connectivity index (χ3v) is 5.79. The van der Waals surface area contributed by atoms with E-state index in [2.05, 4.69) is 17.2 Å². The number of anilines is 1. The normalized spacial score (nSPS) is 16.2. The Morgan fingerprint density at radius 1 is 1.14 bits per heavy atom. The van der Waals surface area contributed by atoms with Crippen molar-refractivity contribution in [2.75, 3.05) is 5.32 Å². The van der Waals surface area contributed by atoms with Crippen LogP contribution in [0.2, 0.25) is 0 Å². The van der Waals surface area contributed by atoms with E-state index in [1.165, 1.54) is 0 Å². The van der Waals surface area contributed by atoms with Crippen molar-refractivity contribution in [3.63, 3.8) is 0 Å². The molecule has 29 heavy (non-hydrogen) atoms. The number of carbonyl (C=O) groups excluding carboxylic acids is 2. The molecule has 0 saturated heterocycles. The van der Waals surface area contributed by atoms with E-state index in [0.29, 0.717) is 12.1 Å². The Morgan fingerprint density at radius 2 is 1.90 bits per heavy atom. The maximum Gasteiger partial charge on any atom is 0.309 e. The molecular weight excluding hydrogens is 364 g/mol. The van der Waals surface area contributed by atoms with Gasteiger partial charge in [-0.3, -0.25) is 14.6 Å². The lowest BCUT2D eigenvalue weighted by Gasteiger charge is -2.31. The molecule has 3 rings (SSSR count). The van der Waals surface area contributed by atoms with Crippen molar-refractivity contribution in [2.45, 2.75) is 58.5 Å². The molecule has 1 aliphatic rings. The molecule has 5 nitrogen and oxygen atoms in total. The predicted octanol–water partition coefficient (Wildman–Crippen LogP) is 5.13. The second kappa shape index (κ2) is 10.2. The summed E-state index contributed by atoms with van der Waals surface area (Å²) in [6, 6.07) is 13.3. The molecule has 1 fully saturated rings. The van der Waals surface area contributed by atoms with Gasteiger partial charge in [-0.2, -0.15) is 0 Å². The van der Waals surface area contributed by atoms with Crippen LogP contribution in [0.3, 0.4) is 0 Å². The number of pyridine rings is 1. The molecule has 2 aromatic rings. The summed E-state index contributed by atoms with van der Waals surface area (Å²) >= 11 is 0. The first-order valence-electron chi connectivity index (χ1n) is 10.5. The third kappa shape index (κ3) is 5.66. The van der Waals surface area contributed by atoms with Gasteiger partial charge in [0.15, 0.2) is 0 Å². The number of aromatic nitrogens is 1. The van der Waals surface area contributed by atoms with Gasteiger partial charge in [-0.15, -0.1) is 0 Å². The van der Waals surface area contributed by atoms with Gasteiger partial charge in [-0.1, -0.05) is 56.5 Å². The maximum atomic E-state index is 13.2. The van der Waals surface area contributed by atoms with Crippen molar-refractivity contribution >= 4 is 17.6 Å². The van der Waals surface area contributed by atoms with E-state index in [1.807, 2.05) is 36.4 Å². The van der Waals surface area contributed by atoms with E-state index < -0.39 is 5.41 Å². The van der Waals surface area contributed by atoms with Gasteiger partial charge in [0, 0.05) is 6.20 Å². The lowest BCUT2D eigenvalue weighted by Crippen LogP contribution is -2.37. The van der Waals surface area contributed by atoms with Gasteiger partial charge in [0.2, 0.25) is 5.91 Å². The van der Waals surface area contributed by atoms with Gasteiger partial charge in [-0.25, -0.2) is 0 Å². The summed E-state index contributed by atoms with van der Waals surface area (Å²) in [5.74, 6) is -0.461. The van der Waals surface area contributed by atoms with Crippen molar-refractivity contribution in [3.05, 3.63) is 60.4 Å². The van der Waals surface area contributed by atoms with E-state index in [1.54, 1.807) is 18.5 Å². The molecular formula is C24H30N2O3. The number of esters is 1. The molecule has 5 heteroatoms. The molecule has 0 radical (unpaired) electrons. The molecule has 0 bridgehead atoms. The topological polar surface area (TPSA) is 68.3 Å². The Labute approximate surface area is 172 Å². The van der Waals surface area contributed by atoms with Crippen molar-refractivity contribution in [1.82, 2.24) is 4.98 Å². The average molecular weight is 395 g/mol. The fourth-order valence-corrected chi connectivity index (χ4v) is 4.25. The Balaban J connectivity index is 1.68. The number of rotatable bonds is 9. The summed E-state index contributed by atoms with van der Waals surface area (Å²) in [5.41, 5.74) is 1.16. The Bertz CT molecular complexity index is 786. The summed E-state index contributed by atoms with van der Waals surface area (Å²) in [6.45, 7) is 2.34. The van der Waals surface area contributed by atoms with Crippen molar-refractivity contribution in [1.29, 1.82) is 0 Å². The first-order chi connectivity index (χ1) is 14.1. The second-order valence-electron chi connectivity index (χ2n) is 7.97. The molecule has 1 unspecified atom stereocenters. The van der Waals surface area contributed by atoms with E-state index in [9.17, 15) is 9.59 Å². The van der Waals surface area contributed by atoms with Crippen LogP contribution < -0.4 is 5.32 Å². The van der Waals surface area contributed by atoms with E-state index >= 15 is 0 Å². The minimum absolute atomic E-state index is 0.0000348. The first-order valence-corrected chi connectivity index (χ1v) is 10.5. The van der Waals surface area contributed by atoms with Crippen LogP contribution in [0.4, 0.5) is 5.69 Å². The molecule has 1 aromatic carbocycles. The molecule has 1 saturated carbocycles. The Hall–Kier alpha value is -2.69. The van der Waals surface area contributed by atoms with Crippen LogP contribution in [0.25, 0.3) is 0 Å². The zero-order valence-electron chi connectivity index (χ0n) is 17.1. The lowest BCUT2D eigenvalue weighted by molar-refractivity contribution is -0.152. The largest absolute Gasteiger partial charge is 0.461 e. The molecule has 1 atom stereocenters. The first kappa shape index (κ1) is 21.0. The molecule has 1 heterocycles. The molecule has 1 aliphatic carbocycles. The quantitative estimate of drug-likeness (QED) is 0.599. The van der Waals surface area contributed by atoms with Gasteiger partial charge in [-0.05, 0) is 43.4 Å². The van der Waals surface area contributed by atoms with E-state index in [4.69, 9.17) is 4.74 Å². The average Bonchev–Trinajstić information content (AvgIpc) is 3.23. The number of amides is 1. The Morgan fingerprint density at radius 3 is 2.55 bits per heavy atom. The number of hydrogen-bond acceptors (Lipinski definition) is 4. The van der Waals surface area contributed by atoms with Crippen molar-refractivity contribution in [3.8, 4) is 0 Å². The molecule has 1 N–H and O–H groups in total. The summed E-state index contributed by atoms with van der Waals surface area (Å²) < 4.78 is 5.62. The minimum Gasteiger partial charge on any atom is -0.461 e. The predicted molar refractivity (Wildman–Crippen MR) is 113 cm³/mol. The van der Waals surface area contributed by atoms with Crippen LogP contribution in [0.1, 0.15) is 57.4 Å². The number of hydrogen-bond donors (Lipinski definition) is 1. The van der Waals surface area contributed by atoms with Gasteiger partial charge >= 0.3 is 5.97 Å². The molecule has 0 spiro atoms. The number of carbonyl (C=O) groups is 2. The number of nitrogens with one attached hydrogen (secondary N) is 1. The van der Waals surface area contributed by atoms with Gasteiger partial charge in [0.1, 0.15) is 6.61 Å². The van der Waals surface area contributed by atoms with Crippen LogP contribution in [0.5, 0.6) is 0 Å². The van der Waals surface area contributed by atoms with Crippen molar-refractivity contribution < 1.29 is 14.3 Å². The number of nitrogens with zero attached hydrogens (tertiary/aromatic N) is 1. The van der Waals surface area contributed by atoms with Crippen molar-refractivity contribution in [2.24, 2.45) is 11.3 Å². The maximum absolute atomic E-state index is 13.2. The fourth-order valence-electron chi connectivity index (χ4n) is 4.25. The zero-order chi connectivity index (χ0) is 20.5. The zero-order valence-corrected chi connectivity index (χ0v) is 17.1. The third-order valence-electron chi connectivity index (χ3n) is 5.79. The minimum atomic E-state index is -0.512. The van der Waals surface area contributed by atoms with E-state index in [-0.39, 0.29) is 24.4 Å². The molecule has 0 aliphatic heterocycles. The number of benzene rings is 1. The molecule has 154 valence electrons. The highest BCUT2D eigenvalue weighted by molar-refractivity contribution is 5.95. The Kier molecular flexibility index (Phi) is 7.39. The highest BCUT2D eigenvalue weighted by Gasteiger charge is 2.44. The van der Waals surface area contributed by atoms with Crippen LogP contribution in [-0.4, -0.2) is 16.9 Å². The summed E-state index contributed by atoms with van der Waals surface area (Å²) in [6.07, 6.45) is 9.13. The highest BCUT2D eigenvalue weighted by atomic mass is 16.5. The highest BCUT2D eigenvalue weighted by Crippen LogP contribution is 2.45. The molecule has 1 amide bonds. The molecule has 1 aromatic heterocycles. The second-order valence-corrected chi connectivity index (χ2v) is 7.97. The SMILES string of the molecule is CCCC(CC1(C(=O)Nc2cccnc2)CCCC1)C(=O)OCc1ccccc1. The lowest BCUT2D eigenvalue weighted by atomic mass is 9.75. The van der Waals surface area contributed by atoms with Gasteiger partial charge in [0.05, 0.1) is 23.2 Å². The monoisotopic (exact) mass is 394 g/mol. The van der Waals surface area contributed by atoms with Crippen LogP contribution in [-0.2, 0) is 20.9 Å².